The summed E-state index contributed by atoms with van der Waals surface area (Å²) >= 11 is 0. The first-order valence-corrected chi connectivity index (χ1v) is 8.26. The van der Waals surface area contributed by atoms with Gasteiger partial charge < -0.3 is 4.90 Å². The summed E-state index contributed by atoms with van der Waals surface area (Å²) in [6.07, 6.45) is 3.78. The molecular formula is C14H16N4O3S. The monoisotopic (exact) mass is 320 g/mol. The van der Waals surface area contributed by atoms with Gasteiger partial charge in [-0.15, -0.1) is 0 Å². The van der Waals surface area contributed by atoms with Gasteiger partial charge >= 0.3 is 0 Å². The number of aromatic nitrogens is 2. The normalized spacial score (nSPS) is 14.8. The van der Waals surface area contributed by atoms with Gasteiger partial charge in [-0.1, -0.05) is 0 Å². The van der Waals surface area contributed by atoms with Crippen molar-refractivity contribution in [3.63, 3.8) is 0 Å². The number of hydrogen-bond acceptors (Lipinski definition) is 4. The number of nitrogens with one attached hydrogen (secondary N) is 1. The first-order chi connectivity index (χ1) is 10.4. The molecule has 2 heterocycles. The lowest BCUT2D eigenvalue weighted by atomic mass is 10.0. The second-order valence-electron chi connectivity index (χ2n) is 5.25. The Morgan fingerprint density at radius 3 is 2.68 bits per heavy atom. The Kier molecular flexibility index (Phi) is 3.40. The number of fused-ring (bicyclic) bond motifs is 1. The predicted molar refractivity (Wildman–Crippen MR) is 82.2 cm³/mol. The van der Waals surface area contributed by atoms with E-state index in [1.807, 2.05) is 0 Å². The van der Waals surface area contributed by atoms with E-state index in [9.17, 15) is 13.2 Å². The number of anilines is 2. The van der Waals surface area contributed by atoms with Gasteiger partial charge in [-0.05, 0) is 30.2 Å². The molecular weight excluding hydrogens is 304 g/mol. The van der Waals surface area contributed by atoms with Crippen LogP contribution in [0.5, 0.6) is 0 Å². The predicted octanol–water partition coefficient (Wildman–Crippen LogP) is 1.13. The van der Waals surface area contributed by atoms with E-state index in [0.29, 0.717) is 18.5 Å². The zero-order valence-electron chi connectivity index (χ0n) is 12.3. The first kappa shape index (κ1) is 14.6. The van der Waals surface area contributed by atoms with Gasteiger partial charge in [0.1, 0.15) is 4.90 Å². The van der Waals surface area contributed by atoms with E-state index in [1.165, 1.54) is 17.1 Å². The van der Waals surface area contributed by atoms with Gasteiger partial charge in [0.05, 0.1) is 6.20 Å². The molecule has 22 heavy (non-hydrogen) atoms. The molecule has 0 unspecified atom stereocenters. The zero-order valence-corrected chi connectivity index (χ0v) is 13.1. The third kappa shape index (κ3) is 2.57. The van der Waals surface area contributed by atoms with Gasteiger partial charge in [-0.2, -0.15) is 5.10 Å². The molecule has 7 nitrogen and oxygen atoms in total. The topological polar surface area (TPSA) is 84.3 Å². The Balaban J connectivity index is 1.89. The van der Waals surface area contributed by atoms with Crippen molar-refractivity contribution in [2.75, 3.05) is 16.7 Å². The molecule has 0 atom stereocenters. The number of benzene rings is 1. The fourth-order valence-corrected chi connectivity index (χ4v) is 3.50. The molecule has 1 aliphatic rings. The molecule has 3 rings (SSSR count). The summed E-state index contributed by atoms with van der Waals surface area (Å²) in [5.74, 6) is 0.0659. The lowest BCUT2D eigenvalue weighted by Crippen LogP contribution is -2.31. The van der Waals surface area contributed by atoms with Crippen LogP contribution in [0.3, 0.4) is 0 Å². The molecule has 0 saturated carbocycles. The van der Waals surface area contributed by atoms with Crippen LogP contribution in [0.2, 0.25) is 0 Å². The van der Waals surface area contributed by atoms with Crippen molar-refractivity contribution in [1.82, 2.24) is 9.78 Å². The minimum atomic E-state index is -3.66. The van der Waals surface area contributed by atoms with Crippen molar-refractivity contribution >= 4 is 27.3 Å². The van der Waals surface area contributed by atoms with Crippen LogP contribution in [0.4, 0.5) is 11.4 Å². The molecule has 116 valence electrons. The molecule has 1 N–H and O–H groups in total. The maximum absolute atomic E-state index is 12.3. The summed E-state index contributed by atoms with van der Waals surface area (Å²) in [6.45, 7) is 0. The zero-order chi connectivity index (χ0) is 15.9. The van der Waals surface area contributed by atoms with Crippen LogP contribution in [0.15, 0.2) is 35.5 Å². The summed E-state index contributed by atoms with van der Waals surface area (Å²) in [6, 6.07) is 5.18. The van der Waals surface area contributed by atoms with Crippen molar-refractivity contribution in [2.24, 2.45) is 7.05 Å². The summed E-state index contributed by atoms with van der Waals surface area (Å²) in [7, 11) is -0.278. The molecule has 0 saturated heterocycles. The average molecular weight is 320 g/mol. The van der Waals surface area contributed by atoms with E-state index in [1.54, 1.807) is 37.2 Å². The lowest BCUT2D eigenvalue weighted by molar-refractivity contribution is -0.118. The largest absolute Gasteiger partial charge is 0.315 e. The maximum atomic E-state index is 12.3. The van der Waals surface area contributed by atoms with Crippen LogP contribution in [0.1, 0.15) is 12.0 Å². The van der Waals surface area contributed by atoms with Gasteiger partial charge in [0.15, 0.2) is 0 Å². The van der Waals surface area contributed by atoms with E-state index in [4.69, 9.17) is 0 Å². The number of rotatable bonds is 3. The summed E-state index contributed by atoms with van der Waals surface area (Å²) in [4.78, 5) is 13.4. The second kappa shape index (κ2) is 5.13. The van der Waals surface area contributed by atoms with E-state index >= 15 is 0 Å². The highest BCUT2D eigenvalue weighted by molar-refractivity contribution is 7.92. The average Bonchev–Trinajstić information content (AvgIpc) is 2.90. The Hall–Kier alpha value is -2.35. The Labute approximate surface area is 128 Å². The summed E-state index contributed by atoms with van der Waals surface area (Å²) in [5, 5.41) is 3.87. The Morgan fingerprint density at radius 2 is 2.00 bits per heavy atom. The van der Waals surface area contributed by atoms with Crippen molar-refractivity contribution in [2.45, 2.75) is 17.7 Å². The van der Waals surface area contributed by atoms with Gasteiger partial charge in [-0.3, -0.25) is 14.2 Å². The molecule has 8 heteroatoms. The van der Waals surface area contributed by atoms with Crippen molar-refractivity contribution < 1.29 is 13.2 Å². The SMILES string of the molecule is CN1C(=O)CCc2cc(NS(=O)(=O)c3cnn(C)c3)ccc21. The molecule has 1 aliphatic heterocycles. The summed E-state index contributed by atoms with van der Waals surface area (Å²) < 4.78 is 28.5. The molecule has 1 aromatic carbocycles. The van der Waals surface area contributed by atoms with Crippen LogP contribution in [0, 0.1) is 0 Å². The molecule has 0 radical (unpaired) electrons. The smallest absolute Gasteiger partial charge is 0.265 e. The fourth-order valence-electron chi connectivity index (χ4n) is 2.47. The highest BCUT2D eigenvalue weighted by Gasteiger charge is 2.22. The molecule has 2 aromatic rings. The van der Waals surface area contributed by atoms with Crippen molar-refractivity contribution in [3.05, 3.63) is 36.2 Å². The molecule has 0 spiro atoms. The fraction of sp³-hybridized carbons (Fsp3) is 0.286. The van der Waals surface area contributed by atoms with Gasteiger partial charge in [0, 0.05) is 38.1 Å². The molecule has 1 amide bonds. The molecule has 1 aromatic heterocycles. The van der Waals surface area contributed by atoms with Crippen LogP contribution in [-0.2, 0) is 28.3 Å². The van der Waals surface area contributed by atoms with E-state index in [-0.39, 0.29) is 10.8 Å². The van der Waals surface area contributed by atoms with Gasteiger partial charge in [0.25, 0.3) is 10.0 Å². The van der Waals surface area contributed by atoms with Crippen LogP contribution in [0.25, 0.3) is 0 Å². The van der Waals surface area contributed by atoms with E-state index in [0.717, 1.165) is 11.3 Å². The number of carbonyl (C=O) groups is 1. The van der Waals surface area contributed by atoms with Crippen molar-refractivity contribution in [3.8, 4) is 0 Å². The molecule has 0 bridgehead atoms. The molecule has 0 fully saturated rings. The lowest BCUT2D eigenvalue weighted by Gasteiger charge is -2.26. The van der Waals surface area contributed by atoms with E-state index in [2.05, 4.69) is 9.82 Å². The van der Waals surface area contributed by atoms with Gasteiger partial charge in [-0.25, -0.2) is 8.42 Å². The van der Waals surface area contributed by atoms with Crippen LogP contribution < -0.4 is 9.62 Å². The minimum absolute atomic E-state index is 0.0659. The highest BCUT2D eigenvalue weighted by atomic mass is 32.2. The minimum Gasteiger partial charge on any atom is -0.315 e. The van der Waals surface area contributed by atoms with Crippen LogP contribution in [-0.4, -0.2) is 31.2 Å². The Bertz CT molecular complexity index is 842. The number of carbonyl (C=O) groups excluding carboxylic acids is 1. The number of aryl methyl sites for hydroxylation is 2. The second-order valence-corrected chi connectivity index (χ2v) is 6.93. The summed E-state index contributed by atoms with van der Waals surface area (Å²) in [5.41, 5.74) is 2.25. The standard InChI is InChI=1S/C14H16N4O3S/c1-17-9-12(8-15-17)22(20,21)16-11-4-5-13-10(7-11)3-6-14(19)18(13)2/h4-5,7-9,16H,3,6H2,1-2H3. The van der Waals surface area contributed by atoms with E-state index < -0.39 is 10.0 Å². The number of nitrogens with zero attached hydrogens (tertiary/aromatic N) is 3. The number of hydrogen-bond donors (Lipinski definition) is 1. The number of sulfonamides is 1. The Morgan fingerprint density at radius 1 is 1.23 bits per heavy atom. The number of amides is 1. The molecule has 0 aliphatic carbocycles. The third-order valence-corrected chi connectivity index (χ3v) is 5.00. The van der Waals surface area contributed by atoms with Crippen molar-refractivity contribution in [1.29, 1.82) is 0 Å². The van der Waals surface area contributed by atoms with Gasteiger partial charge in [0.2, 0.25) is 5.91 Å². The van der Waals surface area contributed by atoms with Crippen LogP contribution >= 0.6 is 0 Å². The third-order valence-electron chi connectivity index (χ3n) is 3.67. The maximum Gasteiger partial charge on any atom is 0.265 e. The quantitative estimate of drug-likeness (QED) is 0.919. The highest BCUT2D eigenvalue weighted by Crippen LogP contribution is 2.30. The first-order valence-electron chi connectivity index (χ1n) is 6.78.